The van der Waals surface area contributed by atoms with Crippen molar-refractivity contribution in [2.45, 2.75) is 6.18 Å². The molecular formula is C12H12F3NO3S. The van der Waals surface area contributed by atoms with Gasteiger partial charge in [0.05, 0.1) is 25.7 Å². The second-order valence-corrected chi connectivity index (χ2v) is 4.44. The summed E-state index contributed by atoms with van der Waals surface area (Å²) in [6.45, 7) is 0. The fourth-order valence-electron chi connectivity index (χ4n) is 1.14. The van der Waals surface area contributed by atoms with Crippen LogP contribution in [0.5, 0.6) is 5.75 Å². The molecule has 8 heteroatoms. The van der Waals surface area contributed by atoms with Crippen LogP contribution in [0.3, 0.4) is 0 Å². The van der Waals surface area contributed by atoms with Crippen molar-refractivity contribution in [1.82, 2.24) is 0 Å². The molecule has 1 aromatic carbocycles. The van der Waals surface area contributed by atoms with E-state index in [1.54, 1.807) is 0 Å². The number of ether oxygens (including phenoxy) is 2. The van der Waals surface area contributed by atoms with Crippen LogP contribution in [0.15, 0.2) is 29.3 Å². The minimum Gasteiger partial charge on any atom is -0.497 e. The molecule has 0 bridgehead atoms. The minimum absolute atomic E-state index is 0.121. The maximum atomic E-state index is 12.8. The second kappa shape index (κ2) is 7.18. The average Bonchev–Trinajstić information content (AvgIpc) is 2.42. The van der Waals surface area contributed by atoms with Crippen LogP contribution in [0.4, 0.5) is 18.9 Å². The largest absolute Gasteiger partial charge is 0.497 e. The normalized spacial score (nSPS) is 12.2. The highest BCUT2D eigenvalue weighted by Crippen LogP contribution is 2.29. The standard InChI is InChI=1S/C12H12F3NO3S/c1-18-9-5-3-8(4-6-9)16-11(12(13,14)15)20-7-10(17)19-2/h3-6H,7H2,1-2H3. The lowest BCUT2D eigenvalue weighted by Crippen LogP contribution is -2.21. The van der Waals surface area contributed by atoms with E-state index >= 15 is 0 Å². The number of carbonyl (C=O) groups is 1. The summed E-state index contributed by atoms with van der Waals surface area (Å²) in [6, 6.07) is 5.78. The van der Waals surface area contributed by atoms with Crippen LogP contribution in [0, 0.1) is 0 Å². The number of thioether (sulfide) groups is 1. The van der Waals surface area contributed by atoms with Gasteiger partial charge in [-0.15, -0.1) is 0 Å². The molecule has 0 aliphatic rings. The van der Waals surface area contributed by atoms with Gasteiger partial charge in [0.25, 0.3) is 0 Å². The monoisotopic (exact) mass is 307 g/mol. The van der Waals surface area contributed by atoms with E-state index in [-0.39, 0.29) is 17.4 Å². The molecule has 4 nitrogen and oxygen atoms in total. The van der Waals surface area contributed by atoms with Gasteiger partial charge in [-0.2, -0.15) is 13.2 Å². The van der Waals surface area contributed by atoms with Gasteiger partial charge >= 0.3 is 12.1 Å². The first-order chi connectivity index (χ1) is 9.36. The van der Waals surface area contributed by atoms with Crippen molar-refractivity contribution in [3.63, 3.8) is 0 Å². The number of methoxy groups -OCH3 is 2. The molecule has 1 rings (SSSR count). The summed E-state index contributed by atoms with van der Waals surface area (Å²) in [6.07, 6.45) is -4.63. The molecule has 0 saturated heterocycles. The van der Waals surface area contributed by atoms with E-state index in [1.807, 2.05) is 0 Å². The maximum absolute atomic E-state index is 12.8. The van der Waals surface area contributed by atoms with Crippen molar-refractivity contribution in [3.8, 4) is 5.75 Å². The Bertz CT molecular complexity index is 486. The molecule has 0 atom stereocenters. The molecule has 0 aromatic heterocycles. The Hall–Kier alpha value is -1.70. The van der Waals surface area contributed by atoms with Gasteiger partial charge in [0, 0.05) is 0 Å². The summed E-state index contributed by atoms with van der Waals surface area (Å²) < 4.78 is 47.5. The molecule has 0 spiro atoms. The molecule has 0 saturated carbocycles. The van der Waals surface area contributed by atoms with E-state index in [9.17, 15) is 18.0 Å². The fraction of sp³-hybridized carbons (Fsp3) is 0.333. The van der Waals surface area contributed by atoms with Crippen LogP contribution in [-0.2, 0) is 9.53 Å². The number of benzene rings is 1. The van der Waals surface area contributed by atoms with E-state index in [0.717, 1.165) is 7.11 Å². The second-order valence-electron chi connectivity index (χ2n) is 3.48. The molecule has 0 heterocycles. The molecule has 0 unspecified atom stereocenters. The van der Waals surface area contributed by atoms with Gasteiger partial charge in [0.2, 0.25) is 0 Å². The van der Waals surface area contributed by atoms with Crippen molar-refractivity contribution < 1.29 is 27.4 Å². The van der Waals surface area contributed by atoms with Crippen molar-refractivity contribution >= 4 is 28.5 Å². The van der Waals surface area contributed by atoms with E-state index in [0.29, 0.717) is 5.75 Å². The van der Waals surface area contributed by atoms with Crippen LogP contribution in [0.25, 0.3) is 0 Å². The Morgan fingerprint density at radius 2 is 1.85 bits per heavy atom. The van der Waals surface area contributed by atoms with Gasteiger partial charge < -0.3 is 9.47 Å². The van der Waals surface area contributed by atoms with E-state index in [4.69, 9.17) is 4.74 Å². The lowest BCUT2D eigenvalue weighted by molar-refractivity contribution is -0.137. The first-order valence-electron chi connectivity index (χ1n) is 5.36. The minimum atomic E-state index is -4.63. The lowest BCUT2D eigenvalue weighted by Gasteiger charge is -2.09. The fourth-order valence-corrected chi connectivity index (χ4v) is 1.84. The average molecular weight is 307 g/mol. The van der Waals surface area contributed by atoms with Crippen LogP contribution < -0.4 is 4.74 Å². The lowest BCUT2D eigenvalue weighted by atomic mass is 10.3. The summed E-state index contributed by atoms with van der Waals surface area (Å²) in [5, 5.41) is -1.10. The van der Waals surface area contributed by atoms with Crippen LogP contribution >= 0.6 is 11.8 Å². The zero-order chi connectivity index (χ0) is 15.2. The molecule has 0 amide bonds. The number of carbonyl (C=O) groups excluding carboxylic acids is 1. The number of halogens is 3. The van der Waals surface area contributed by atoms with Crippen LogP contribution in [-0.4, -0.2) is 37.2 Å². The third-order valence-electron chi connectivity index (χ3n) is 2.10. The van der Waals surface area contributed by atoms with Gasteiger partial charge in [-0.3, -0.25) is 4.79 Å². The molecule has 0 aliphatic heterocycles. The zero-order valence-electron chi connectivity index (χ0n) is 10.7. The maximum Gasteiger partial charge on any atom is 0.439 e. The highest BCUT2D eigenvalue weighted by atomic mass is 32.2. The quantitative estimate of drug-likeness (QED) is 0.487. The number of rotatable bonds is 4. The van der Waals surface area contributed by atoms with Crippen molar-refractivity contribution in [2.75, 3.05) is 20.0 Å². The number of hydrogen-bond donors (Lipinski definition) is 0. The van der Waals surface area contributed by atoms with E-state index < -0.39 is 22.9 Å². The molecule has 20 heavy (non-hydrogen) atoms. The predicted octanol–water partition coefficient (Wildman–Crippen LogP) is 3.19. The molecule has 110 valence electrons. The SMILES string of the molecule is COC(=O)CSC(=Nc1ccc(OC)cc1)C(F)(F)F. The first-order valence-corrected chi connectivity index (χ1v) is 6.35. The number of aliphatic imine (C=N–C) groups is 1. The number of nitrogens with zero attached hydrogens (tertiary/aromatic N) is 1. The molecule has 0 fully saturated rings. The Labute approximate surface area is 118 Å². The van der Waals surface area contributed by atoms with E-state index in [2.05, 4.69) is 9.73 Å². The third-order valence-corrected chi connectivity index (χ3v) is 3.08. The van der Waals surface area contributed by atoms with Gasteiger partial charge in [0.1, 0.15) is 5.75 Å². The predicted molar refractivity (Wildman–Crippen MR) is 70.6 cm³/mol. The van der Waals surface area contributed by atoms with Crippen molar-refractivity contribution in [2.24, 2.45) is 4.99 Å². The molecule has 0 radical (unpaired) electrons. The summed E-state index contributed by atoms with van der Waals surface area (Å²) >= 11 is 0.285. The van der Waals surface area contributed by atoms with Crippen molar-refractivity contribution in [3.05, 3.63) is 24.3 Å². The van der Waals surface area contributed by atoms with E-state index in [1.165, 1.54) is 31.4 Å². The van der Waals surface area contributed by atoms with Gasteiger partial charge in [-0.1, -0.05) is 11.8 Å². The summed E-state index contributed by atoms with van der Waals surface area (Å²) in [5.74, 6) is -0.688. The molecule has 0 aliphatic carbocycles. The van der Waals surface area contributed by atoms with Gasteiger partial charge in [0.15, 0.2) is 5.04 Å². The molecule has 0 N–H and O–H groups in total. The number of alkyl halides is 3. The number of esters is 1. The highest BCUT2D eigenvalue weighted by molar-refractivity contribution is 8.14. The molecule has 1 aromatic rings. The third kappa shape index (κ3) is 5.12. The summed E-state index contributed by atoms with van der Waals surface area (Å²) in [7, 11) is 2.56. The first kappa shape index (κ1) is 16.4. The Morgan fingerprint density at radius 1 is 1.25 bits per heavy atom. The Morgan fingerprint density at radius 3 is 2.30 bits per heavy atom. The highest BCUT2D eigenvalue weighted by Gasteiger charge is 2.36. The van der Waals surface area contributed by atoms with Crippen molar-refractivity contribution in [1.29, 1.82) is 0 Å². The summed E-state index contributed by atoms with van der Waals surface area (Å²) in [5.41, 5.74) is 0.121. The topological polar surface area (TPSA) is 47.9 Å². The van der Waals surface area contributed by atoms with Crippen LogP contribution in [0.1, 0.15) is 0 Å². The Balaban J connectivity index is 2.91. The summed E-state index contributed by atoms with van der Waals surface area (Å²) in [4.78, 5) is 14.4. The Kier molecular flexibility index (Phi) is 5.87. The number of hydrogen-bond acceptors (Lipinski definition) is 5. The smallest absolute Gasteiger partial charge is 0.439 e. The van der Waals surface area contributed by atoms with Crippen LogP contribution in [0.2, 0.25) is 0 Å². The van der Waals surface area contributed by atoms with Gasteiger partial charge in [-0.05, 0) is 24.3 Å². The molecular weight excluding hydrogens is 295 g/mol. The zero-order valence-corrected chi connectivity index (χ0v) is 11.5. The van der Waals surface area contributed by atoms with Gasteiger partial charge in [-0.25, -0.2) is 4.99 Å².